The van der Waals surface area contributed by atoms with Gasteiger partial charge in [0.05, 0.1) is 19.1 Å². The van der Waals surface area contributed by atoms with Crippen molar-refractivity contribution in [2.45, 2.75) is 32.7 Å². The SMILES string of the molecule is CCc1ccc(N2C[C@@H](C(=O)N[C@@H](C)c3ccccc3OC)CC2=O)cc1. The predicted molar refractivity (Wildman–Crippen MR) is 106 cm³/mol. The first-order valence-electron chi connectivity index (χ1n) is 9.36. The Hall–Kier alpha value is -2.82. The van der Waals surface area contributed by atoms with Gasteiger partial charge in [-0.25, -0.2) is 0 Å². The van der Waals surface area contributed by atoms with Crippen molar-refractivity contribution in [3.8, 4) is 5.75 Å². The molecule has 1 aliphatic rings. The molecule has 2 atom stereocenters. The Morgan fingerprint density at radius 3 is 2.59 bits per heavy atom. The van der Waals surface area contributed by atoms with Crippen molar-refractivity contribution >= 4 is 17.5 Å². The molecule has 1 aliphatic heterocycles. The number of carbonyl (C=O) groups is 2. The van der Waals surface area contributed by atoms with Gasteiger partial charge in [-0.15, -0.1) is 0 Å². The van der Waals surface area contributed by atoms with Crippen molar-refractivity contribution < 1.29 is 14.3 Å². The van der Waals surface area contributed by atoms with Crippen molar-refractivity contribution in [3.63, 3.8) is 0 Å². The lowest BCUT2D eigenvalue weighted by Crippen LogP contribution is -2.34. The molecule has 2 aromatic carbocycles. The summed E-state index contributed by atoms with van der Waals surface area (Å²) in [4.78, 5) is 26.9. The summed E-state index contributed by atoms with van der Waals surface area (Å²) < 4.78 is 5.37. The summed E-state index contributed by atoms with van der Waals surface area (Å²) in [6.45, 7) is 4.43. The van der Waals surface area contributed by atoms with Crippen LogP contribution in [0.15, 0.2) is 48.5 Å². The van der Waals surface area contributed by atoms with Crippen LogP contribution in [0.3, 0.4) is 0 Å². The highest BCUT2D eigenvalue weighted by atomic mass is 16.5. The van der Waals surface area contributed by atoms with E-state index in [-0.39, 0.29) is 30.2 Å². The molecule has 1 fully saturated rings. The third-order valence-corrected chi connectivity index (χ3v) is 5.12. The summed E-state index contributed by atoms with van der Waals surface area (Å²) >= 11 is 0. The standard InChI is InChI=1S/C22H26N2O3/c1-4-16-9-11-18(12-10-16)24-14-17(13-21(24)25)22(26)23-15(2)19-7-5-6-8-20(19)27-3/h5-12,15,17H,4,13-14H2,1-3H3,(H,23,26)/t15-,17-/m0/s1. The molecule has 0 aromatic heterocycles. The van der Waals surface area contributed by atoms with Crippen molar-refractivity contribution in [2.24, 2.45) is 5.92 Å². The van der Waals surface area contributed by atoms with Crippen LogP contribution in [-0.2, 0) is 16.0 Å². The van der Waals surface area contributed by atoms with Crippen molar-refractivity contribution in [1.29, 1.82) is 0 Å². The van der Waals surface area contributed by atoms with E-state index in [1.54, 1.807) is 12.0 Å². The highest BCUT2D eigenvalue weighted by Gasteiger charge is 2.35. The van der Waals surface area contributed by atoms with Crippen LogP contribution in [0.5, 0.6) is 5.75 Å². The van der Waals surface area contributed by atoms with Crippen LogP contribution in [0.4, 0.5) is 5.69 Å². The molecule has 1 saturated heterocycles. The van der Waals surface area contributed by atoms with Gasteiger partial charge < -0.3 is 15.0 Å². The smallest absolute Gasteiger partial charge is 0.227 e. The van der Waals surface area contributed by atoms with E-state index in [2.05, 4.69) is 12.2 Å². The Balaban J connectivity index is 1.66. The minimum atomic E-state index is -0.347. The quantitative estimate of drug-likeness (QED) is 0.851. The molecule has 0 radical (unpaired) electrons. The van der Waals surface area contributed by atoms with Crippen molar-refractivity contribution in [3.05, 3.63) is 59.7 Å². The average Bonchev–Trinajstić information content (AvgIpc) is 3.09. The highest BCUT2D eigenvalue weighted by molar-refractivity contribution is 6.00. The number of para-hydroxylation sites is 1. The van der Waals surface area contributed by atoms with Gasteiger partial charge in [-0.1, -0.05) is 37.3 Å². The molecule has 0 spiro atoms. The molecule has 0 saturated carbocycles. The maximum Gasteiger partial charge on any atom is 0.227 e. The molecule has 0 aliphatic carbocycles. The second-order valence-corrected chi connectivity index (χ2v) is 6.90. The van der Waals surface area contributed by atoms with E-state index >= 15 is 0 Å². The van der Waals surface area contributed by atoms with Gasteiger partial charge in [-0.2, -0.15) is 0 Å². The van der Waals surface area contributed by atoms with Gasteiger partial charge in [0.15, 0.2) is 0 Å². The lowest BCUT2D eigenvalue weighted by Gasteiger charge is -2.20. The molecule has 0 bridgehead atoms. The summed E-state index contributed by atoms with van der Waals surface area (Å²) in [5.41, 5.74) is 3.00. The van der Waals surface area contributed by atoms with Crippen molar-refractivity contribution in [2.75, 3.05) is 18.6 Å². The van der Waals surface area contributed by atoms with E-state index in [0.29, 0.717) is 6.54 Å². The summed E-state index contributed by atoms with van der Waals surface area (Å²) in [7, 11) is 1.62. The first-order chi connectivity index (χ1) is 13.0. The first-order valence-corrected chi connectivity index (χ1v) is 9.36. The van der Waals surface area contributed by atoms with Crippen LogP contribution in [-0.4, -0.2) is 25.5 Å². The van der Waals surface area contributed by atoms with E-state index in [1.165, 1.54) is 5.56 Å². The minimum absolute atomic E-state index is 0.00987. The average molecular weight is 366 g/mol. The molecule has 2 aromatic rings. The second-order valence-electron chi connectivity index (χ2n) is 6.90. The normalized spacial score (nSPS) is 17.7. The third kappa shape index (κ3) is 4.13. The van der Waals surface area contributed by atoms with Crippen LogP contribution in [0.1, 0.15) is 37.4 Å². The third-order valence-electron chi connectivity index (χ3n) is 5.12. The first kappa shape index (κ1) is 19.0. The Kier molecular flexibility index (Phi) is 5.79. The summed E-state index contributed by atoms with van der Waals surface area (Å²) in [6, 6.07) is 15.4. The number of methoxy groups -OCH3 is 1. The van der Waals surface area contributed by atoms with Gasteiger partial charge >= 0.3 is 0 Å². The molecule has 1 N–H and O–H groups in total. The van der Waals surface area contributed by atoms with Crippen LogP contribution < -0.4 is 15.0 Å². The zero-order chi connectivity index (χ0) is 19.4. The fourth-order valence-electron chi connectivity index (χ4n) is 3.48. The number of anilines is 1. The Labute approximate surface area is 160 Å². The van der Waals surface area contributed by atoms with E-state index in [4.69, 9.17) is 4.74 Å². The van der Waals surface area contributed by atoms with Crippen LogP contribution >= 0.6 is 0 Å². The number of benzene rings is 2. The maximum absolute atomic E-state index is 12.7. The monoisotopic (exact) mass is 366 g/mol. The number of hydrogen-bond acceptors (Lipinski definition) is 3. The summed E-state index contributed by atoms with van der Waals surface area (Å²) in [6.07, 6.45) is 1.19. The molecule has 142 valence electrons. The molecule has 5 heteroatoms. The number of rotatable bonds is 6. The molecule has 0 unspecified atom stereocenters. The zero-order valence-corrected chi connectivity index (χ0v) is 16.1. The second kappa shape index (κ2) is 8.25. The van der Waals surface area contributed by atoms with E-state index in [1.807, 2.05) is 55.5 Å². The van der Waals surface area contributed by atoms with E-state index in [9.17, 15) is 9.59 Å². The fraction of sp³-hybridized carbons (Fsp3) is 0.364. The molecule has 3 rings (SSSR count). The Morgan fingerprint density at radius 2 is 1.93 bits per heavy atom. The molecular weight excluding hydrogens is 340 g/mol. The summed E-state index contributed by atoms with van der Waals surface area (Å²) in [5, 5.41) is 3.03. The van der Waals surface area contributed by atoms with Gasteiger partial charge in [0.2, 0.25) is 11.8 Å². The highest BCUT2D eigenvalue weighted by Crippen LogP contribution is 2.28. The molecule has 27 heavy (non-hydrogen) atoms. The van der Waals surface area contributed by atoms with Crippen LogP contribution in [0, 0.1) is 5.92 Å². The lowest BCUT2D eigenvalue weighted by molar-refractivity contribution is -0.126. The van der Waals surface area contributed by atoms with Gasteiger partial charge in [-0.05, 0) is 37.1 Å². The van der Waals surface area contributed by atoms with Crippen molar-refractivity contribution in [1.82, 2.24) is 5.32 Å². The van der Waals surface area contributed by atoms with Gasteiger partial charge in [-0.3, -0.25) is 9.59 Å². The molecule has 5 nitrogen and oxygen atoms in total. The van der Waals surface area contributed by atoms with Crippen LogP contribution in [0.25, 0.3) is 0 Å². The molecule has 2 amide bonds. The number of amides is 2. The zero-order valence-electron chi connectivity index (χ0n) is 16.1. The minimum Gasteiger partial charge on any atom is -0.496 e. The topological polar surface area (TPSA) is 58.6 Å². The fourth-order valence-corrected chi connectivity index (χ4v) is 3.48. The number of nitrogens with zero attached hydrogens (tertiary/aromatic N) is 1. The summed E-state index contributed by atoms with van der Waals surface area (Å²) in [5.74, 6) is 0.282. The van der Waals surface area contributed by atoms with Gasteiger partial charge in [0, 0.05) is 24.2 Å². The Morgan fingerprint density at radius 1 is 1.22 bits per heavy atom. The number of carbonyl (C=O) groups excluding carboxylic acids is 2. The van der Waals surface area contributed by atoms with Crippen LogP contribution in [0.2, 0.25) is 0 Å². The predicted octanol–water partition coefficient (Wildman–Crippen LogP) is 3.49. The van der Waals surface area contributed by atoms with Gasteiger partial charge in [0.25, 0.3) is 0 Å². The van der Waals surface area contributed by atoms with Gasteiger partial charge in [0.1, 0.15) is 5.75 Å². The molecule has 1 heterocycles. The molecular formula is C22H26N2O3. The number of aryl methyl sites for hydroxylation is 1. The number of hydrogen-bond donors (Lipinski definition) is 1. The van der Waals surface area contributed by atoms with E-state index < -0.39 is 0 Å². The lowest BCUT2D eigenvalue weighted by atomic mass is 10.0. The number of nitrogens with one attached hydrogen (secondary N) is 1. The maximum atomic E-state index is 12.7. The largest absolute Gasteiger partial charge is 0.496 e. The number of ether oxygens (including phenoxy) is 1. The Bertz CT molecular complexity index is 817. The van der Waals surface area contributed by atoms with E-state index in [0.717, 1.165) is 23.4 Å².